The second kappa shape index (κ2) is 5.48. The normalized spacial score (nSPS) is 18.2. The fraction of sp³-hybridized carbons (Fsp3) is 0.833. The van der Waals surface area contributed by atoms with Gasteiger partial charge in [0.15, 0.2) is 0 Å². The van der Waals surface area contributed by atoms with Crippen LogP contribution in [0.25, 0.3) is 0 Å². The summed E-state index contributed by atoms with van der Waals surface area (Å²) in [5.74, 6) is 0.171. The third-order valence-electron chi connectivity index (χ3n) is 3.15. The van der Waals surface area contributed by atoms with E-state index in [4.69, 9.17) is 5.26 Å². The third-order valence-corrected chi connectivity index (χ3v) is 3.15. The molecule has 96 valence electrons. The van der Waals surface area contributed by atoms with Gasteiger partial charge in [0.05, 0.1) is 12.6 Å². The van der Waals surface area contributed by atoms with Crippen molar-refractivity contribution in [3.05, 3.63) is 0 Å². The van der Waals surface area contributed by atoms with E-state index in [1.807, 2.05) is 37.7 Å². The van der Waals surface area contributed by atoms with Crippen molar-refractivity contribution in [1.82, 2.24) is 14.7 Å². The molecule has 0 saturated carbocycles. The highest BCUT2D eigenvalue weighted by Crippen LogP contribution is 2.15. The van der Waals surface area contributed by atoms with E-state index in [2.05, 4.69) is 11.0 Å². The van der Waals surface area contributed by atoms with Crippen molar-refractivity contribution in [3.8, 4) is 6.07 Å². The Morgan fingerprint density at radius 3 is 2.24 bits per heavy atom. The first kappa shape index (κ1) is 13.9. The van der Waals surface area contributed by atoms with Gasteiger partial charge in [-0.2, -0.15) is 5.26 Å². The molecule has 5 nitrogen and oxygen atoms in total. The summed E-state index contributed by atoms with van der Waals surface area (Å²) in [7, 11) is 3.79. The van der Waals surface area contributed by atoms with Crippen LogP contribution in [0.1, 0.15) is 13.8 Å². The predicted octanol–water partition coefficient (Wildman–Crippen LogP) is -0.00562. The first-order valence-corrected chi connectivity index (χ1v) is 5.95. The molecule has 1 heterocycles. The number of rotatable bonds is 3. The fourth-order valence-corrected chi connectivity index (χ4v) is 1.96. The maximum Gasteiger partial charge on any atom is 0.236 e. The molecule has 0 aromatic carbocycles. The standard InChI is InChI=1S/C12H22N4O/c1-12(2,10-13)16-7-5-15(6-8-16)11(17)9-14(3)4/h5-9H2,1-4H3. The molecule has 1 rings (SSSR count). The Morgan fingerprint density at radius 1 is 1.29 bits per heavy atom. The number of nitriles is 1. The highest BCUT2D eigenvalue weighted by Gasteiger charge is 2.30. The van der Waals surface area contributed by atoms with E-state index in [1.165, 1.54) is 0 Å². The smallest absolute Gasteiger partial charge is 0.236 e. The second-order valence-corrected chi connectivity index (χ2v) is 5.28. The SMILES string of the molecule is CN(C)CC(=O)N1CCN(C(C)(C)C#N)CC1. The number of amides is 1. The summed E-state index contributed by atoms with van der Waals surface area (Å²) < 4.78 is 0. The maximum absolute atomic E-state index is 11.8. The fourth-order valence-electron chi connectivity index (χ4n) is 1.96. The average molecular weight is 238 g/mol. The molecule has 5 heteroatoms. The summed E-state index contributed by atoms with van der Waals surface area (Å²) in [6, 6.07) is 2.30. The van der Waals surface area contributed by atoms with Crippen molar-refractivity contribution >= 4 is 5.91 Å². The number of piperazine rings is 1. The number of carbonyl (C=O) groups excluding carboxylic acids is 1. The highest BCUT2D eigenvalue weighted by atomic mass is 16.2. The summed E-state index contributed by atoms with van der Waals surface area (Å²) in [4.78, 5) is 17.7. The van der Waals surface area contributed by atoms with Gasteiger partial charge in [-0.05, 0) is 27.9 Å². The van der Waals surface area contributed by atoms with Crippen molar-refractivity contribution in [1.29, 1.82) is 5.26 Å². The van der Waals surface area contributed by atoms with Crippen molar-refractivity contribution in [2.45, 2.75) is 19.4 Å². The van der Waals surface area contributed by atoms with E-state index in [0.717, 1.165) is 26.2 Å². The molecule has 1 saturated heterocycles. The summed E-state index contributed by atoms with van der Waals surface area (Å²) in [6.07, 6.45) is 0. The molecule has 1 aliphatic rings. The maximum atomic E-state index is 11.8. The minimum Gasteiger partial charge on any atom is -0.339 e. The minimum atomic E-state index is -0.434. The monoisotopic (exact) mass is 238 g/mol. The van der Waals surface area contributed by atoms with Gasteiger partial charge >= 0.3 is 0 Å². The number of likely N-dealkylation sites (N-methyl/N-ethyl adjacent to an activating group) is 1. The number of carbonyl (C=O) groups is 1. The Hall–Kier alpha value is -1.12. The lowest BCUT2D eigenvalue weighted by Gasteiger charge is -2.40. The van der Waals surface area contributed by atoms with E-state index in [0.29, 0.717) is 6.54 Å². The van der Waals surface area contributed by atoms with Gasteiger partial charge in [-0.25, -0.2) is 0 Å². The lowest BCUT2D eigenvalue weighted by molar-refractivity contribution is -0.134. The van der Waals surface area contributed by atoms with Crippen LogP contribution >= 0.6 is 0 Å². The topological polar surface area (TPSA) is 50.6 Å². The molecule has 0 spiro atoms. The molecule has 0 aromatic heterocycles. The Balaban J connectivity index is 2.47. The summed E-state index contributed by atoms with van der Waals surface area (Å²) in [6.45, 7) is 7.30. The lowest BCUT2D eigenvalue weighted by Crippen LogP contribution is -2.56. The van der Waals surface area contributed by atoms with Crippen LogP contribution in [0.15, 0.2) is 0 Å². The van der Waals surface area contributed by atoms with Crippen LogP contribution < -0.4 is 0 Å². The Labute approximate surface area is 104 Å². The largest absolute Gasteiger partial charge is 0.339 e. The van der Waals surface area contributed by atoms with Crippen LogP contribution in [0.2, 0.25) is 0 Å². The van der Waals surface area contributed by atoms with Crippen molar-refractivity contribution in [2.24, 2.45) is 0 Å². The van der Waals surface area contributed by atoms with Gasteiger partial charge in [0.1, 0.15) is 5.54 Å². The molecule has 0 aliphatic carbocycles. The van der Waals surface area contributed by atoms with Gasteiger partial charge in [-0.3, -0.25) is 9.69 Å². The van der Waals surface area contributed by atoms with Gasteiger partial charge < -0.3 is 9.80 Å². The van der Waals surface area contributed by atoms with Gasteiger partial charge in [-0.15, -0.1) is 0 Å². The van der Waals surface area contributed by atoms with Crippen LogP contribution in [-0.4, -0.2) is 73.0 Å². The van der Waals surface area contributed by atoms with E-state index >= 15 is 0 Å². The first-order chi connectivity index (χ1) is 7.86. The second-order valence-electron chi connectivity index (χ2n) is 5.28. The number of nitrogens with zero attached hydrogens (tertiary/aromatic N) is 4. The molecule has 17 heavy (non-hydrogen) atoms. The predicted molar refractivity (Wildman–Crippen MR) is 66.4 cm³/mol. The van der Waals surface area contributed by atoms with Crippen molar-refractivity contribution < 1.29 is 4.79 Å². The molecular formula is C12H22N4O. The van der Waals surface area contributed by atoms with Crippen molar-refractivity contribution in [3.63, 3.8) is 0 Å². The van der Waals surface area contributed by atoms with Crippen LogP contribution in [0.4, 0.5) is 0 Å². The molecule has 0 N–H and O–H groups in total. The molecule has 0 unspecified atom stereocenters. The molecule has 0 aromatic rings. The zero-order chi connectivity index (χ0) is 13.1. The van der Waals surface area contributed by atoms with E-state index in [9.17, 15) is 4.79 Å². The third kappa shape index (κ3) is 3.69. The Bertz CT molecular complexity index is 311. The van der Waals surface area contributed by atoms with E-state index < -0.39 is 5.54 Å². The summed E-state index contributed by atoms with van der Waals surface area (Å²) >= 11 is 0. The Kier molecular flexibility index (Phi) is 4.49. The molecule has 1 fully saturated rings. The molecule has 1 amide bonds. The molecule has 1 aliphatic heterocycles. The van der Waals surface area contributed by atoms with Gasteiger partial charge in [0.25, 0.3) is 0 Å². The molecule has 0 bridgehead atoms. The average Bonchev–Trinajstić information content (AvgIpc) is 2.28. The first-order valence-electron chi connectivity index (χ1n) is 5.95. The van der Waals surface area contributed by atoms with E-state index in [-0.39, 0.29) is 5.91 Å². The zero-order valence-corrected chi connectivity index (χ0v) is 11.2. The molecular weight excluding hydrogens is 216 g/mol. The summed E-state index contributed by atoms with van der Waals surface area (Å²) in [5, 5.41) is 9.06. The van der Waals surface area contributed by atoms with Crippen LogP contribution in [0.3, 0.4) is 0 Å². The van der Waals surface area contributed by atoms with Gasteiger partial charge in [0, 0.05) is 26.2 Å². The number of hydrogen-bond acceptors (Lipinski definition) is 4. The van der Waals surface area contributed by atoms with Crippen LogP contribution in [0.5, 0.6) is 0 Å². The van der Waals surface area contributed by atoms with Crippen LogP contribution in [0, 0.1) is 11.3 Å². The van der Waals surface area contributed by atoms with E-state index in [1.54, 1.807) is 0 Å². The highest BCUT2D eigenvalue weighted by molar-refractivity contribution is 5.78. The number of hydrogen-bond donors (Lipinski definition) is 0. The molecule has 0 atom stereocenters. The van der Waals surface area contributed by atoms with Crippen LogP contribution in [-0.2, 0) is 4.79 Å². The molecule has 0 radical (unpaired) electrons. The minimum absolute atomic E-state index is 0.171. The summed E-state index contributed by atoms with van der Waals surface area (Å²) in [5.41, 5.74) is -0.434. The van der Waals surface area contributed by atoms with Gasteiger partial charge in [-0.1, -0.05) is 0 Å². The Morgan fingerprint density at radius 2 is 1.82 bits per heavy atom. The zero-order valence-electron chi connectivity index (χ0n) is 11.2. The lowest BCUT2D eigenvalue weighted by atomic mass is 10.0. The quantitative estimate of drug-likeness (QED) is 0.694. The van der Waals surface area contributed by atoms with Crippen molar-refractivity contribution in [2.75, 3.05) is 46.8 Å². The van der Waals surface area contributed by atoms with Gasteiger partial charge in [0.2, 0.25) is 5.91 Å².